The number of methoxy groups -OCH3 is 1. The number of carbonyl (C=O) groups excluding carboxylic acids is 2. The second kappa shape index (κ2) is 13.2. The van der Waals surface area contributed by atoms with E-state index >= 15 is 0 Å². The second-order valence-electron chi connectivity index (χ2n) is 10.7. The van der Waals surface area contributed by atoms with Crippen LogP contribution in [0.3, 0.4) is 0 Å². The molecule has 0 aliphatic rings. The monoisotopic (exact) mass is 579 g/mol. The summed E-state index contributed by atoms with van der Waals surface area (Å²) in [6.45, 7) is 0.423. The van der Waals surface area contributed by atoms with Gasteiger partial charge in [-0.1, -0.05) is 103 Å². The molecule has 44 heavy (non-hydrogen) atoms. The van der Waals surface area contributed by atoms with Crippen LogP contribution in [0.25, 0.3) is 33.5 Å². The Labute approximate surface area is 257 Å². The third-order valence-corrected chi connectivity index (χ3v) is 7.84. The fourth-order valence-electron chi connectivity index (χ4n) is 5.62. The van der Waals surface area contributed by atoms with Crippen molar-refractivity contribution in [2.24, 2.45) is 0 Å². The second-order valence-corrected chi connectivity index (χ2v) is 10.7. The molecule has 1 N–H and O–H groups in total. The Bertz CT molecular complexity index is 1880. The molecular weight excluding hydrogens is 546 g/mol. The highest BCUT2D eigenvalue weighted by Crippen LogP contribution is 2.37. The zero-order valence-electron chi connectivity index (χ0n) is 24.5. The van der Waals surface area contributed by atoms with Crippen molar-refractivity contribution in [3.63, 3.8) is 0 Å². The molecule has 0 saturated heterocycles. The normalized spacial score (nSPS) is 11.7. The molecule has 0 aliphatic carbocycles. The van der Waals surface area contributed by atoms with Crippen LogP contribution in [-0.4, -0.2) is 28.5 Å². The number of aromatic nitrogens is 2. The van der Waals surface area contributed by atoms with Crippen LogP contribution in [0.1, 0.15) is 33.9 Å². The van der Waals surface area contributed by atoms with Crippen LogP contribution in [0, 0.1) is 0 Å². The lowest BCUT2D eigenvalue weighted by Crippen LogP contribution is -2.33. The molecule has 0 bridgehead atoms. The standard InChI is InChI=1S/C38H33N3O3/c1-44-38(43)30-22-23-31(32(25-30)29-17-9-4-10-18-29)36-40-33-19-11-12-20-34(33)41(36)35(24-21-27-13-5-2-6-14-27)37(42)39-26-28-15-7-3-8-16-28/h2-20,22-23,25,35H,21,24,26H2,1H3,(H,39,42). The van der Waals surface area contributed by atoms with Gasteiger partial charge < -0.3 is 14.6 Å². The van der Waals surface area contributed by atoms with Crippen molar-refractivity contribution in [3.8, 4) is 22.5 Å². The van der Waals surface area contributed by atoms with Crippen molar-refractivity contribution < 1.29 is 14.3 Å². The number of rotatable bonds is 10. The van der Waals surface area contributed by atoms with Gasteiger partial charge in [0.15, 0.2) is 0 Å². The highest BCUT2D eigenvalue weighted by atomic mass is 16.5. The Kier molecular flexibility index (Phi) is 8.60. The van der Waals surface area contributed by atoms with Crippen LogP contribution in [-0.2, 0) is 22.5 Å². The minimum atomic E-state index is -0.551. The number of para-hydroxylation sites is 2. The molecule has 0 spiro atoms. The van der Waals surface area contributed by atoms with Crippen molar-refractivity contribution >= 4 is 22.9 Å². The van der Waals surface area contributed by atoms with Crippen molar-refractivity contribution in [1.82, 2.24) is 14.9 Å². The molecule has 0 saturated carbocycles. The van der Waals surface area contributed by atoms with E-state index in [1.807, 2.05) is 115 Å². The molecule has 1 unspecified atom stereocenters. The van der Waals surface area contributed by atoms with Gasteiger partial charge in [-0.05, 0) is 65.4 Å². The van der Waals surface area contributed by atoms with Gasteiger partial charge >= 0.3 is 5.97 Å². The molecule has 0 radical (unpaired) electrons. The molecule has 1 aromatic heterocycles. The van der Waals surface area contributed by atoms with E-state index in [-0.39, 0.29) is 5.91 Å². The lowest BCUT2D eigenvalue weighted by molar-refractivity contribution is -0.124. The lowest BCUT2D eigenvalue weighted by Gasteiger charge is -2.23. The molecule has 6 rings (SSSR count). The predicted molar refractivity (Wildman–Crippen MR) is 174 cm³/mol. The average molecular weight is 580 g/mol. The third kappa shape index (κ3) is 6.15. The molecule has 6 aromatic rings. The van der Waals surface area contributed by atoms with Crippen LogP contribution in [0.4, 0.5) is 0 Å². The fourth-order valence-corrected chi connectivity index (χ4v) is 5.62. The first kappa shape index (κ1) is 28.6. The van der Waals surface area contributed by atoms with E-state index in [9.17, 15) is 9.59 Å². The molecule has 6 nitrogen and oxygen atoms in total. The van der Waals surface area contributed by atoms with Crippen LogP contribution in [0.15, 0.2) is 133 Å². The van der Waals surface area contributed by atoms with Crippen molar-refractivity contribution in [2.45, 2.75) is 25.4 Å². The number of hydrogen-bond donors (Lipinski definition) is 1. The van der Waals surface area contributed by atoms with E-state index in [2.05, 4.69) is 22.0 Å². The number of ether oxygens (including phenoxy) is 1. The number of benzene rings is 5. The SMILES string of the molecule is COC(=O)c1ccc(-c2nc3ccccc3n2C(CCc2ccccc2)C(=O)NCc2ccccc2)c(-c2ccccc2)c1. The van der Waals surface area contributed by atoms with Crippen LogP contribution < -0.4 is 5.32 Å². The number of carbonyl (C=O) groups is 2. The smallest absolute Gasteiger partial charge is 0.337 e. The first-order valence-corrected chi connectivity index (χ1v) is 14.7. The summed E-state index contributed by atoms with van der Waals surface area (Å²) < 4.78 is 7.11. The highest BCUT2D eigenvalue weighted by molar-refractivity contribution is 5.95. The summed E-state index contributed by atoms with van der Waals surface area (Å²) in [5.74, 6) is 0.166. The molecule has 1 atom stereocenters. The molecule has 1 amide bonds. The Balaban J connectivity index is 1.50. The zero-order chi connectivity index (χ0) is 30.3. The summed E-state index contributed by atoms with van der Waals surface area (Å²) >= 11 is 0. The number of nitrogens with one attached hydrogen (secondary N) is 1. The molecule has 6 heteroatoms. The quantitative estimate of drug-likeness (QED) is 0.169. The van der Waals surface area contributed by atoms with Crippen LogP contribution >= 0.6 is 0 Å². The van der Waals surface area contributed by atoms with E-state index in [0.29, 0.717) is 30.8 Å². The fraction of sp³-hybridized carbons (Fsp3) is 0.132. The lowest BCUT2D eigenvalue weighted by atomic mass is 9.96. The van der Waals surface area contributed by atoms with E-state index in [1.54, 1.807) is 6.07 Å². The molecule has 5 aromatic carbocycles. The summed E-state index contributed by atoms with van der Waals surface area (Å²) in [5, 5.41) is 3.20. The van der Waals surface area contributed by atoms with Gasteiger partial charge in [-0.25, -0.2) is 9.78 Å². The van der Waals surface area contributed by atoms with Gasteiger partial charge in [0, 0.05) is 12.1 Å². The van der Waals surface area contributed by atoms with Gasteiger partial charge in [-0.15, -0.1) is 0 Å². The Hall–Kier alpha value is -5.49. The maximum Gasteiger partial charge on any atom is 0.337 e. The zero-order valence-corrected chi connectivity index (χ0v) is 24.5. The minimum Gasteiger partial charge on any atom is -0.465 e. The van der Waals surface area contributed by atoms with Crippen molar-refractivity contribution in [1.29, 1.82) is 0 Å². The summed E-state index contributed by atoms with van der Waals surface area (Å²) in [6.07, 6.45) is 1.28. The molecule has 0 aliphatic heterocycles. The molecular formula is C38H33N3O3. The van der Waals surface area contributed by atoms with Gasteiger partial charge in [0.2, 0.25) is 5.91 Å². The number of fused-ring (bicyclic) bond motifs is 1. The van der Waals surface area contributed by atoms with Gasteiger partial charge in [-0.2, -0.15) is 0 Å². The molecule has 218 valence electrons. The molecule has 0 fully saturated rings. The minimum absolute atomic E-state index is 0.0818. The summed E-state index contributed by atoms with van der Waals surface area (Å²) in [5.41, 5.74) is 6.87. The Morgan fingerprint density at radius 3 is 2.09 bits per heavy atom. The van der Waals surface area contributed by atoms with Crippen molar-refractivity contribution in [2.75, 3.05) is 7.11 Å². The number of nitrogens with zero attached hydrogens (tertiary/aromatic N) is 2. The highest BCUT2D eigenvalue weighted by Gasteiger charge is 2.28. The van der Waals surface area contributed by atoms with E-state index < -0.39 is 12.0 Å². The van der Waals surface area contributed by atoms with Gasteiger partial charge in [-0.3, -0.25) is 4.79 Å². The van der Waals surface area contributed by atoms with Crippen molar-refractivity contribution in [3.05, 3.63) is 150 Å². The Morgan fingerprint density at radius 1 is 0.750 bits per heavy atom. The average Bonchev–Trinajstić information content (AvgIpc) is 3.47. The number of hydrogen-bond acceptors (Lipinski definition) is 4. The largest absolute Gasteiger partial charge is 0.465 e. The third-order valence-electron chi connectivity index (χ3n) is 7.84. The summed E-state index contributed by atoms with van der Waals surface area (Å²) in [7, 11) is 1.38. The first-order chi connectivity index (χ1) is 21.6. The van der Waals surface area contributed by atoms with Gasteiger partial charge in [0.05, 0.1) is 23.7 Å². The Morgan fingerprint density at radius 2 is 1.39 bits per heavy atom. The summed E-state index contributed by atoms with van der Waals surface area (Å²) in [6, 6.07) is 42.9. The maximum absolute atomic E-state index is 14.2. The van der Waals surface area contributed by atoms with Crippen LogP contribution in [0.2, 0.25) is 0 Å². The van der Waals surface area contributed by atoms with Gasteiger partial charge in [0.1, 0.15) is 11.9 Å². The number of amides is 1. The predicted octanol–water partition coefficient (Wildman–Crippen LogP) is 7.65. The number of imidazole rings is 1. The van der Waals surface area contributed by atoms with E-state index in [4.69, 9.17) is 9.72 Å². The first-order valence-electron chi connectivity index (χ1n) is 14.7. The van der Waals surface area contributed by atoms with E-state index in [1.165, 1.54) is 7.11 Å². The van der Waals surface area contributed by atoms with E-state index in [0.717, 1.165) is 38.9 Å². The number of esters is 1. The van der Waals surface area contributed by atoms with Crippen LogP contribution in [0.5, 0.6) is 0 Å². The molecule has 1 heterocycles. The topological polar surface area (TPSA) is 73.2 Å². The number of aryl methyl sites for hydroxylation is 1. The summed E-state index contributed by atoms with van der Waals surface area (Å²) in [4.78, 5) is 31.8. The maximum atomic E-state index is 14.2. The van der Waals surface area contributed by atoms with Gasteiger partial charge in [0.25, 0.3) is 0 Å².